The third-order valence-electron chi connectivity index (χ3n) is 3.80. The molecule has 108 valence electrons. The maximum absolute atomic E-state index is 12.0. The van der Waals surface area contributed by atoms with Crippen LogP contribution in [0.5, 0.6) is 0 Å². The summed E-state index contributed by atoms with van der Waals surface area (Å²) in [7, 11) is 0. The summed E-state index contributed by atoms with van der Waals surface area (Å²) >= 11 is 0. The van der Waals surface area contributed by atoms with E-state index in [1.54, 1.807) is 0 Å². The number of benzene rings is 1. The molecule has 0 saturated carbocycles. The number of amides is 1. The van der Waals surface area contributed by atoms with E-state index in [2.05, 4.69) is 28.8 Å². The van der Waals surface area contributed by atoms with E-state index in [-0.39, 0.29) is 11.9 Å². The van der Waals surface area contributed by atoms with Gasteiger partial charge in [0, 0.05) is 12.6 Å². The van der Waals surface area contributed by atoms with Crippen molar-refractivity contribution in [2.75, 3.05) is 32.9 Å². The first-order chi connectivity index (χ1) is 9.84. The van der Waals surface area contributed by atoms with Gasteiger partial charge in [-0.25, -0.2) is 0 Å². The quantitative estimate of drug-likeness (QED) is 0.839. The molecule has 1 amide bonds. The first kappa shape index (κ1) is 13.5. The summed E-state index contributed by atoms with van der Waals surface area (Å²) in [5.41, 5.74) is 2.64. The molecule has 0 spiro atoms. The van der Waals surface area contributed by atoms with Crippen molar-refractivity contribution in [3.63, 3.8) is 0 Å². The summed E-state index contributed by atoms with van der Waals surface area (Å²) in [5, 5.41) is 6.40. The lowest BCUT2D eigenvalue weighted by Gasteiger charge is -2.28. The summed E-state index contributed by atoms with van der Waals surface area (Å²) in [6, 6.07) is 8.56. The molecule has 0 aliphatic carbocycles. The molecule has 0 radical (unpaired) electrons. The van der Waals surface area contributed by atoms with Gasteiger partial charge in [0.15, 0.2) is 6.10 Å². The van der Waals surface area contributed by atoms with Gasteiger partial charge in [-0.3, -0.25) is 4.79 Å². The van der Waals surface area contributed by atoms with Crippen LogP contribution in [0.15, 0.2) is 24.3 Å². The summed E-state index contributed by atoms with van der Waals surface area (Å²) in [4.78, 5) is 12.0. The average molecular weight is 276 g/mol. The van der Waals surface area contributed by atoms with Gasteiger partial charge in [-0.2, -0.15) is 0 Å². The van der Waals surface area contributed by atoms with Crippen LogP contribution in [0.3, 0.4) is 0 Å². The van der Waals surface area contributed by atoms with Gasteiger partial charge >= 0.3 is 0 Å². The number of carbonyl (C=O) groups excluding carboxylic acids is 1. The molecule has 2 heterocycles. The van der Waals surface area contributed by atoms with Crippen molar-refractivity contribution in [1.29, 1.82) is 0 Å². The predicted molar refractivity (Wildman–Crippen MR) is 74.5 cm³/mol. The van der Waals surface area contributed by atoms with Crippen molar-refractivity contribution in [3.05, 3.63) is 35.4 Å². The normalized spacial score (nSPS) is 25.8. The molecule has 0 aromatic heterocycles. The molecule has 1 aromatic rings. The number of hydrogen-bond donors (Lipinski definition) is 2. The van der Waals surface area contributed by atoms with E-state index in [4.69, 9.17) is 9.47 Å². The highest BCUT2D eigenvalue weighted by molar-refractivity contribution is 5.81. The predicted octanol–water partition coefficient (Wildman–Crippen LogP) is 0.405. The second kappa shape index (κ2) is 6.35. The van der Waals surface area contributed by atoms with Gasteiger partial charge in [-0.15, -0.1) is 0 Å². The fourth-order valence-electron chi connectivity index (χ4n) is 2.73. The van der Waals surface area contributed by atoms with Crippen molar-refractivity contribution < 1.29 is 14.3 Å². The number of carbonyl (C=O) groups is 1. The average Bonchev–Trinajstić information content (AvgIpc) is 2.53. The van der Waals surface area contributed by atoms with Gasteiger partial charge < -0.3 is 20.1 Å². The molecule has 2 unspecified atom stereocenters. The van der Waals surface area contributed by atoms with E-state index in [0.717, 1.165) is 13.0 Å². The van der Waals surface area contributed by atoms with Crippen molar-refractivity contribution in [2.24, 2.45) is 0 Å². The van der Waals surface area contributed by atoms with E-state index >= 15 is 0 Å². The van der Waals surface area contributed by atoms with Crippen molar-refractivity contribution in [2.45, 2.75) is 18.6 Å². The minimum atomic E-state index is -0.470. The maximum Gasteiger partial charge on any atom is 0.251 e. The maximum atomic E-state index is 12.0. The lowest BCUT2D eigenvalue weighted by molar-refractivity contribution is -0.147. The zero-order chi connectivity index (χ0) is 13.8. The van der Waals surface area contributed by atoms with E-state index in [1.165, 1.54) is 11.1 Å². The standard InChI is InChI=1S/C15H20N2O3/c18-15(14-10-19-7-8-20-14)17-9-13-12-4-2-1-3-11(12)5-6-16-13/h1-4,13-14,16H,5-10H2,(H,17,18). The Kier molecular flexibility index (Phi) is 4.30. The van der Waals surface area contributed by atoms with Gasteiger partial charge in [0.1, 0.15) is 0 Å². The molecule has 20 heavy (non-hydrogen) atoms. The third-order valence-corrected chi connectivity index (χ3v) is 3.80. The van der Waals surface area contributed by atoms with Gasteiger partial charge in [0.2, 0.25) is 0 Å². The van der Waals surface area contributed by atoms with Crippen LogP contribution in [0.1, 0.15) is 17.2 Å². The molecule has 0 bridgehead atoms. The smallest absolute Gasteiger partial charge is 0.251 e. The number of hydrogen-bond acceptors (Lipinski definition) is 4. The van der Waals surface area contributed by atoms with E-state index < -0.39 is 6.10 Å². The first-order valence-electron chi connectivity index (χ1n) is 7.13. The minimum Gasteiger partial charge on any atom is -0.376 e. The van der Waals surface area contributed by atoms with E-state index in [1.807, 2.05) is 6.07 Å². The van der Waals surface area contributed by atoms with E-state index in [0.29, 0.717) is 26.4 Å². The Balaban J connectivity index is 1.57. The zero-order valence-corrected chi connectivity index (χ0v) is 11.4. The lowest BCUT2D eigenvalue weighted by atomic mass is 9.94. The molecular weight excluding hydrogens is 256 g/mol. The van der Waals surface area contributed by atoms with Crippen LogP contribution in [0.4, 0.5) is 0 Å². The van der Waals surface area contributed by atoms with Crippen LogP contribution >= 0.6 is 0 Å². The fourth-order valence-corrected chi connectivity index (χ4v) is 2.73. The molecule has 2 atom stereocenters. The highest BCUT2D eigenvalue weighted by Gasteiger charge is 2.24. The zero-order valence-electron chi connectivity index (χ0n) is 11.4. The summed E-state index contributed by atoms with van der Waals surface area (Å²) in [5.74, 6) is -0.0884. The van der Waals surface area contributed by atoms with Crippen molar-refractivity contribution >= 4 is 5.91 Å². The Morgan fingerprint density at radius 3 is 3.10 bits per heavy atom. The van der Waals surface area contributed by atoms with Gasteiger partial charge in [-0.05, 0) is 24.1 Å². The molecule has 2 aliphatic rings. The van der Waals surface area contributed by atoms with Crippen LogP contribution in [0.25, 0.3) is 0 Å². The second-order valence-electron chi connectivity index (χ2n) is 5.14. The van der Waals surface area contributed by atoms with Crippen molar-refractivity contribution in [3.8, 4) is 0 Å². The summed E-state index contributed by atoms with van der Waals surface area (Å²) < 4.78 is 10.6. The van der Waals surface area contributed by atoms with Crippen LogP contribution in [0.2, 0.25) is 0 Å². The molecule has 3 rings (SSSR count). The molecule has 1 aromatic carbocycles. The Labute approximate surface area is 118 Å². The minimum absolute atomic E-state index is 0.0884. The van der Waals surface area contributed by atoms with Gasteiger partial charge in [-0.1, -0.05) is 24.3 Å². The Morgan fingerprint density at radius 2 is 2.25 bits per heavy atom. The molecule has 2 N–H and O–H groups in total. The summed E-state index contributed by atoms with van der Waals surface area (Å²) in [6.45, 7) is 2.93. The van der Waals surface area contributed by atoms with Gasteiger partial charge in [0.25, 0.3) is 5.91 Å². The van der Waals surface area contributed by atoms with Gasteiger partial charge in [0.05, 0.1) is 19.8 Å². The first-order valence-corrected chi connectivity index (χ1v) is 7.13. The molecule has 2 aliphatic heterocycles. The molecular formula is C15H20N2O3. The monoisotopic (exact) mass is 276 g/mol. The van der Waals surface area contributed by atoms with Crippen LogP contribution in [-0.2, 0) is 20.7 Å². The largest absolute Gasteiger partial charge is 0.376 e. The Bertz CT molecular complexity index is 472. The number of nitrogens with one attached hydrogen (secondary N) is 2. The molecule has 1 fully saturated rings. The number of ether oxygens (including phenoxy) is 2. The Hall–Kier alpha value is -1.43. The van der Waals surface area contributed by atoms with Crippen LogP contribution in [0, 0.1) is 0 Å². The van der Waals surface area contributed by atoms with Crippen LogP contribution in [-0.4, -0.2) is 44.9 Å². The van der Waals surface area contributed by atoms with Crippen LogP contribution < -0.4 is 10.6 Å². The molecule has 1 saturated heterocycles. The SMILES string of the molecule is O=C(NCC1NCCc2ccccc21)C1COCCO1. The van der Waals surface area contributed by atoms with E-state index in [9.17, 15) is 4.79 Å². The lowest BCUT2D eigenvalue weighted by Crippen LogP contribution is -2.46. The molecule has 5 heteroatoms. The van der Waals surface area contributed by atoms with Crippen molar-refractivity contribution in [1.82, 2.24) is 10.6 Å². The number of rotatable bonds is 3. The second-order valence-corrected chi connectivity index (χ2v) is 5.14. The number of fused-ring (bicyclic) bond motifs is 1. The molecule has 5 nitrogen and oxygen atoms in total. The highest BCUT2D eigenvalue weighted by Crippen LogP contribution is 2.21. The third kappa shape index (κ3) is 3.00. The Morgan fingerprint density at radius 1 is 1.35 bits per heavy atom. The highest BCUT2D eigenvalue weighted by atomic mass is 16.6. The summed E-state index contributed by atoms with van der Waals surface area (Å²) in [6.07, 6.45) is 0.572. The topological polar surface area (TPSA) is 59.6 Å². The fraction of sp³-hybridized carbons (Fsp3) is 0.533.